The molecule has 3 rings (SSSR count). The molecule has 1 aromatic carbocycles. The van der Waals surface area contributed by atoms with Gasteiger partial charge in [-0.05, 0) is 31.4 Å². The van der Waals surface area contributed by atoms with E-state index in [0.29, 0.717) is 23.5 Å². The highest BCUT2D eigenvalue weighted by Gasteiger charge is 2.22. The summed E-state index contributed by atoms with van der Waals surface area (Å²) < 4.78 is 0. The van der Waals surface area contributed by atoms with Crippen LogP contribution in [-0.4, -0.2) is 32.9 Å². The number of aromatic nitrogens is 2. The van der Waals surface area contributed by atoms with Gasteiger partial charge in [-0.2, -0.15) is 0 Å². The number of halogens is 1. The first-order valence-corrected chi connectivity index (χ1v) is 7.60. The van der Waals surface area contributed by atoms with Crippen LogP contribution in [0.5, 0.6) is 0 Å². The molecule has 2 heterocycles. The Balaban J connectivity index is 0.00000208. The van der Waals surface area contributed by atoms with Crippen molar-refractivity contribution in [2.75, 3.05) is 13.1 Å². The van der Waals surface area contributed by atoms with Gasteiger partial charge in [0.1, 0.15) is 0 Å². The van der Waals surface area contributed by atoms with E-state index in [2.05, 4.69) is 21.8 Å². The molecule has 8 nitrogen and oxygen atoms in total. The maximum Gasteiger partial charge on any atom is 0.314 e. The lowest BCUT2D eigenvalue weighted by molar-refractivity contribution is -0.385. The number of rotatable bonds is 3. The Morgan fingerprint density at radius 1 is 1.25 bits per heavy atom. The summed E-state index contributed by atoms with van der Waals surface area (Å²) in [7, 11) is 0. The SMILES string of the molecule is Br.CC1CCCN(Cc2cc3[nH]c(=O)c(=O)[nH]c3cc2[N+](=O)[O-])C1. The largest absolute Gasteiger partial charge is 0.316 e. The van der Waals surface area contributed by atoms with Crippen molar-refractivity contribution in [1.82, 2.24) is 14.9 Å². The van der Waals surface area contributed by atoms with Crippen molar-refractivity contribution >= 4 is 33.7 Å². The standard InChI is InChI=1S/C15H18N4O4.BrH/c1-9-3-2-4-18(7-9)8-10-5-11-12(6-13(10)19(22)23)17-15(21)14(20)16-11;/h5-6,9H,2-4,7-8H2,1H3,(H,16,20)(H,17,21);1H. The monoisotopic (exact) mass is 398 g/mol. The van der Waals surface area contributed by atoms with Crippen LogP contribution in [0, 0.1) is 16.0 Å². The van der Waals surface area contributed by atoms with Crippen molar-refractivity contribution in [2.24, 2.45) is 5.92 Å². The fourth-order valence-corrected chi connectivity index (χ4v) is 3.17. The molecule has 0 bridgehead atoms. The Morgan fingerprint density at radius 3 is 2.46 bits per heavy atom. The molecule has 0 saturated carbocycles. The predicted octanol–water partition coefficient (Wildman–Crippen LogP) is 1.93. The van der Waals surface area contributed by atoms with E-state index in [-0.39, 0.29) is 28.2 Å². The number of benzene rings is 1. The van der Waals surface area contributed by atoms with E-state index in [4.69, 9.17) is 0 Å². The molecule has 1 saturated heterocycles. The number of fused-ring (bicyclic) bond motifs is 1. The van der Waals surface area contributed by atoms with Crippen LogP contribution in [0.2, 0.25) is 0 Å². The minimum atomic E-state index is -0.815. The zero-order chi connectivity index (χ0) is 16.6. The fraction of sp³-hybridized carbons (Fsp3) is 0.467. The third-order valence-electron chi connectivity index (χ3n) is 4.25. The first-order valence-electron chi connectivity index (χ1n) is 7.60. The minimum Gasteiger partial charge on any atom is -0.316 e. The zero-order valence-electron chi connectivity index (χ0n) is 13.2. The predicted molar refractivity (Wildman–Crippen MR) is 95.8 cm³/mol. The molecule has 24 heavy (non-hydrogen) atoms. The lowest BCUT2D eigenvalue weighted by Crippen LogP contribution is -2.34. The Bertz CT molecular complexity index is 876. The van der Waals surface area contributed by atoms with Gasteiger partial charge in [0, 0.05) is 24.7 Å². The third-order valence-corrected chi connectivity index (χ3v) is 4.25. The molecule has 1 fully saturated rings. The van der Waals surface area contributed by atoms with Gasteiger partial charge < -0.3 is 9.97 Å². The van der Waals surface area contributed by atoms with Crippen molar-refractivity contribution < 1.29 is 4.92 Å². The second-order valence-corrected chi connectivity index (χ2v) is 6.17. The Hall–Kier alpha value is -2.00. The highest BCUT2D eigenvalue weighted by molar-refractivity contribution is 8.93. The number of nitrogens with zero attached hydrogens (tertiary/aromatic N) is 2. The van der Waals surface area contributed by atoms with Crippen molar-refractivity contribution in [3.63, 3.8) is 0 Å². The van der Waals surface area contributed by atoms with E-state index in [1.54, 1.807) is 6.07 Å². The third kappa shape index (κ3) is 3.73. The van der Waals surface area contributed by atoms with E-state index in [0.717, 1.165) is 19.5 Å². The number of nitro benzene ring substituents is 1. The van der Waals surface area contributed by atoms with Gasteiger partial charge in [-0.25, -0.2) is 0 Å². The molecule has 1 atom stereocenters. The molecule has 0 aliphatic carbocycles. The highest BCUT2D eigenvalue weighted by atomic mass is 79.9. The first kappa shape index (κ1) is 18.3. The van der Waals surface area contributed by atoms with Crippen LogP contribution in [0.1, 0.15) is 25.3 Å². The maximum absolute atomic E-state index is 11.5. The average molecular weight is 399 g/mol. The zero-order valence-corrected chi connectivity index (χ0v) is 14.9. The topological polar surface area (TPSA) is 112 Å². The number of H-pyrrole nitrogens is 2. The maximum atomic E-state index is 11.5. The van der Waals surface area contributed by atoms with Crippen molar-refractivity contribution in [3.8, 4) is 0 Å². The molecule has 1 unspecified atom stereocenters. The number of piperidine rings is 1. The summed E-state index contributed by atoms with van der Waals surface area (Å²) in [6.45, 7) is 4.43. The summed E-state index contributed by atoms with van der Waals surface area (Å²) in [5.41, 5.74) is -0.414. The molecule has 9 heteroatoms. The fourth-order valence-electron chi connectivity index (χ4n) is 3.17. The molecule has 0 spiro atoms. The van der Waals surface area contributed by atoms with Gasteiger partial charge >= 0.3 is 11.1 Å². The van der Waals surface area contributed by atoms with Gasteiger partial charge in [0.05, 0.1) is 16.0 Å². The van der Waals surface area contributed by atoms with E-state index in [1.807, 2.05) is 0 Å². The van der Waals surface area contributed by atoms with E-state index in [9.17, 15) is 19.7 Å². The van der Waals surface area contributed by atoms with Crippen LogP contribution in [-0.2, 0) is 6.54 Å². The number of aromatic amines is 2. The van der Waals surface area contributed by atoms with Crippen molar-refractivity contribution in [3.05, 3.63) is 48.5 Å². The van der Waals surface area contributed by atoms with Gasteiger partial charge in [-0.3, -0.25) is 24.6 Å². The van der Waals surface area contributed by atoms with Crippen molar-refractivity contribution in [1.29, 1.82) is 0 Å². The molecule has 1 aromatic heterocycles. The minimum absolute atomic E-state index is 0. The molecule has 1 aliphatic rings. The summed E-state index contributed by atoms with van der Waals surface area (Å²) in [6.07, 6.45) is 2.25. The molecule has 130 valence electrons. The second kappa shape index (κ2) is 7.27. The Labute approximate surface area is 147 Å². The molecular formula is C15H19BrN4O4. The second-order valence-electron chi connectivity index (χ2n) is 6.17. The highest BCUT2D eigenvalue weighted by Crippen LogP contribution is 2.26. The smallest absolute Gasteiger partial charge is 0.314 e. The number of hydrogen-bond acceptors (Lipinski definition) is 5. The molecule has 1 aliphatic heterocycles. The summed E-state index contributed by atoms with van der Waals surface area (Å²) >= 11 is 0. The van der Waals surface area contributed by atoms with E-state index < -0.39 is 16.0 Å². The molecule has 0 amide bonds. The van der Waals surface area contributed by atoms with Crippen molar-refractivity contribution in [2.45, 2.75) is 26.3 Å². The van der Waals surface area contributed by atoms with Gasteiger partial charge in [-0.15, -0.1) is 17.0 Å². The summed E-state index contributed by atoms with van der Waals surface area (Å²) in [5, 5.41) is 11.3. The van der Waals surface area contributed by atoms with Gasteiger partial charge in [0.2, 0.25) is 0 Å². The van der Waals surface area contributed by atoms with Gasteiger partial charge in [-0.1, -0.05) is 6.92 Å². The summed E-state index contributed by atoms with van der Waals surface area (Å²) in [5.74, 6) is 0.569. The molecular weight excluding hydrogens is 380 g/mol. The number of nitro groups is 1. The summed E-state index contributed by atoms with van der Waals surface area (Å²) in [6, 6.07) is 2.90. The molecule has 0 radical (unpaired) electrons. The Kier molecular flexibility index (Phi) is 5.55. The van der Waals surface area contributed by atoms with Crippen LogP contribution in [0.4, 0.5) is 5.69 Å². The van der Waals surface area contributed by atoms with Crippen LogP contribution >= 0.6 is 17.0 Å². The van der Waals surface area contributed by atoms with Crippen LogP contribution in [0.15, 0.2) is 21.7 Å². The number of nitrogens with one attached hydrogen (secondary N) is 2. The quantitative estimate of drug-likeness (QED) is 0.465. The Morgan fingerprint density at radius 2 is 1.88 bits per heavy atom. The average Bonchev–Trinajstić information content (AvgIpc) is 2.48. The van der Waals surface area contributed by atoms with Gasteiger partial charge in [0.15, 0.2) is 0 Å². The van der Waals surface area contributed by atoms with E-state index in [1.165, 1.54) is 12.5 Å². The van der Waals surface area contributed by atoms with Gasteiger partial charge in [0.25, 0.3) is 5.69 Å². The lowest BCUT2D eigenvalue weighted by Gasteiger charge is -2.30. The lowest BCUT2D eigenvalue weighted by atomic mass is 9.99. The number of likely N-dealkylation sites (tertiary alicyclic amines) is 1. The van der Waals surface area contributed by atoms with Crippen LogP contribution in [0.25, 0.3) is 11.0 Å². The first-order chi connectivity index (χ1) is 10.9. The molecule has 2 aromatic rings. The summed E-state index contributed by atoms with van der Waals surface area (Å²) in [4.78, 5) is 40.8. The normalized spacial score (nSPS) is 18.3. The van der Waals surface area contributed by atoms with E-state index >= 15 is 0 Å². The molecule has 2 N–H and O–H groups in total. The number of hydrogen-bond donors (Lipinski definition) is 2. The van der Waals surface area contributed by atoms with Crippen LogP contribution < -0.4 is 11.1 Å². The van der Waals surface area contributed by atoms with Crippen LogP contribution in [0.3, 0.4) is 0 Å².